The number of aliphatic hydroxyl groups excluding tert-OH is 2. The van der Waals surface area contributed by atoms with E-state index in [1.807, 2.05) is 37.3 Å². The van der Waals surface area contributed by atoms with Crippen molar-refractivity contribution in [2.24, 2.45) is 0 Å². The second kappa shape index (κ2) is 8.95. The summed E-state index contributed by atoms with van der Waals surface area (Å²) >= 11 is 0. The van der Waals surface area contributed by atoms with E-state index in [-0.39, 0.29) is 0 Å². The molecule has 0 spiro atoms. The van der Waals surface area contributed by atoms with Crippen LogP contribution in [0.25, 0.3) is 0 Å². The van der Waals surface area contributed by atoms with E-state index in [1.165, 1.54) is 0 Å². The average molecular weight is 280 g/mol. The Hall–Kier alpha value is -1.10. The third-order valence-corrected chi connectivity index (χ3v) is 3.44. The van der Waals surface area contributed by atoms with E-state index in [1.54, 1.807) is 4.90 Å². The monoisotopic (exact) mass is 280 g/mol. The number of hydrogen-bond donors (Lipinski definition) is 2. The number of para-hydroxylation sites is 1. The summed E-state index contributed by atoms with van der Waals surface area (Å²) in [5, 5.41) is 20.6. The molecule has 2 N–H and O–H groups in total. The molecule has 4 nitrogen and oxygen atoms in total. The molecular formula is C16H28N2O2. The first-order valence-electron chi connectivity index (χ1n) is 7.48. The second-order valence-electron chi connectivity index (χ2n) is 5.20. The maximum atomic E-state index is 10.4. The molecule has 0 aromatic heterocycles. The van der Waals surface area contributed by atoms with Crippen LogP contribution in [-0.2, 0) is 0 Å². The van der Waals surface area contributed by atoms with Crippen LogP contribution in [-0.4, -0.2) is 47.7 Å². The summed E-state index contributed by atoms with van der Waals surface area (Å²) in [6.45, 7) is 5.89. The van der Waals surface area contributed by atoms with E-state index in [9.17, 15) is 10.2 Å². The van der Waals surface area contributed by atoms with Crippen molar-refractivity contribution < 1.29 is 10.2 Å². The fourth-order valence-corrected chi connectivity index (χ4v) is 2.31. The number of rotatable bonds is 9. The molecule has 0 heterocycles. The minimum Gasteiger partial charge on any atom is -0.374 e. The summed E-state index contributed by atoms with van der Waals surface area (Å²) < 4.78 is 0. The van der Waals surface area contributed by atoms with E-state index in [0.29, 0.717) is 12.8 Å². The Morgan fingerprint density at radius 1 is 1.00 bits per heavy atom. The van der Waals surface area contributed by atoms with Gasteiger partial charge in [0, 0.05) is 18.7 Å². The van der Waals surface area contributed by atoms with Gasteiger partial charge < -0.3 is 20.0 Å². The number of benzene rings is 1. The molecule has 1 aromatic carbocycles. The standard InChI is InChI=1S/C16H28N2O2/c1-4-12-17(3)13-11-16(20)18(15(19)5-2)14-9-7-6-8-10-14/h6-10,15-16,19-20H,4-5,11-13H2,1-3H3. The molecule has 2 unspecified atom stereocenters. The van der Waals surface area contributed by atoms with Crippen molar-refractivity contribution in [1.82, 2.24) is 4.90 Å². The Balaban J connectivity index is 2.69. The molecule has 20 heavy (non-hydrogen) atoms. The summed E-state index contributed by atoms with van der Waals surface area (Å²) in [5.74, 6) is 0. The zero-order chi connectivity index (χ0) is 15.0. The molecule has 0 saturated heterocycles. The molecule has 1 aromatic rings. The fraction of sp³-hybridized carbons (Fsp3) is 0.625. The van der Waals surface area contributed by atoms with E-state index in [4.69, 9.17) is 0 Å². The average Bonchev–Trinajstić information content (AvgIpc) is 2.46. The lowest BCUT2D eigenvalue weighted by molar-refractivity contribution is 0.0713. The summed E-state index contributed by atoms with van der Waals surface area (Å²) in [7, 11) is 2.05. The minimum absolute atomic E-state index is 0.580. The van der Waals surface area contributed by atoms with Crippen LogP contribution >= 0.6 is 0 Å². The predicted octanol–water partition coefficient (Wildman–Crippen LogP) is 2.27. The highest BCUT2D eigenvalue weighted by molar-refractivity contribution is 5.46. The predicted molar refractivity (Wildman–Crippen MR) is 83.6 cm³/mol. The molecule has 114 valence electrons. The maximum absolute atomic E-state index is 10.4. The van der Waals surface area contributed by atoms with Crippen molar-refractivity contribution in [3.05, 3.63) is 30.3 Å². The van der Waals surface area contributed by atoms with Gasteiger partial charge >= 0.3 is 0 Å². The second-order valence-corrected chi connectivity index (χ2v) is 5.20. The molecule has 4 heteroatoms. The quantitative estimate of drug-likeness (QED) is 0.681. The third-order valence-electron chi connectivity index (χ3n) is 3.44. The fourth-order valence-electron chi connectivity index (χ4n) is 2.31. The van der Waals surface area contributed by atoms with Gasteiger partial charge in [-0.25, -0.2) is 0 Å². The first-order valence-corrected chi connectivity index (χ1v) is 7.48. The molecule has 0 saturated carbocycles. The molecule has 0 bridgehead atoms. The lowest BCUT2D eigenvalue weighted by atomic mass is 10.2. The molecule has 1 rings (SSSR count). The lowest BCUT2D eigenvalue weighted by Gasteiger charge is -2.34. The van der Waals surface area contributed by atoms with Crippen LogP contribution in [0.5, 0.6) is 0 Å². The van der Waals surface area contributed by atoms with Gasteiger partial charge in [0.25, 0.3) is 0 Å². The van der Waals surface area contributed by atoms with Gasteiger partial charge in [0.15, 0.2) is 0 Å². The highest BCUT2D eigenvalue weighted by Gasteiger charge is 2.22. The molecular weight excluding hydrogens is 252 g/mol. The van der Waals surface area contributed by atoms with Crippen molar-refractivity contribution >= 4 is 5.69 Å². The summed E-state index contributed by atoms with van der Waals surface area (Å²) in [6, 6.07) is 9.60. The van der Waals surface area contributed by atoms with Crippen LogP contribution in [0.15, 0.2) is 30.3 Å². The zero-order valence-electron chi connectivity index (χ0n) is 12.9. The Labute approximate surface area is 122 Å². The van der Waals surface area contributed by atoms with Crippen molar-refractivity contribution in [2.75, 3.05) is 25.0 Å². The SMILES string of the molecule is CCCN(C)CCC(O)N(c1ccccc1)C(O)CC. The molecule has 0 fully saturated rings. The van der Waals surface area contributed by atoms with Crippen LogP contribution in [0.4, 0.5) is 5.69 Å². The van der Waals surface area contributed by atoms with E-state index >= 15 is 0 Å². The van der Waals surface area contributed by atoms with Crippen LogP contribution in [0.3, 0.4) is 0 Å². The maximum Gasteiger partial charge on any atom is 0.130 e. The Bertz CT molecular complexity index is 359. The van der Waals surface area contributed by atoms with Crippen molar-refractivity contribution in [3.63, 3.8) is 0 Å². The molecule has 0 radical (unpaired) electrons. The smallest absolute Gasteiger partial charge is 0.130 e. The van der Waals surface area contributed by atoms with E-state index in [0.717, 1.165) is 25.2 Å². The van der Waals surface area contributed by atoms with Crippen molar-refractivity contribution in [1.29, 1.82) is 0 Å². The summed E-state index contributed by atoms with van der Waals surface area (Å²) in [5.41, 5.74) is 0.854. The molecule has 0 amide bonds. The van der Waals surface area contributed by atoms with Gasteiger partial charge in [-0.2, -0.15) is 0 Å². The van der Waals surface area contributed by atoms with Crippen molar-refractivity contribution in [3.8, 4) is 0 Å². The largest absolute Gasteiger partial charge is 0.374 e. The van der Waals surface area contributed by atoms with Crippen LogP contribution in [0, 0.1) is 0 Å². The highest BCUT2D eigenvalue weighted by Crippen LogP contribution is 2.20. The van der Waals surface area contributed by atoms with Gasteiger partial charge in [-0.05, 0) is 38.6 Å². The lowest BCUT2D eigenvalue weighted by Crippen LogP contribution is -2.44. The molecule has 0 aliphatic carbocycles. The molecule has 0 aliphatic rings. The van der Waals surface area contributed by atoms with Gasteiger partial charge in [-0.15, -0.1) is 0 Å². The van der Waals surface area contributed by atoms with Crippen LogP contribution in [0.1, 0.15) is 33.1 Å². The van der Waals surface area contributed by atoms with Gasteiger partial charge in [-0.3, -0.25) is 0 Å². The Morgan fingerprint density at radius 3 is 2.20 bits per heavy atom. The number of anilines is 1. The first kappa shape index (κ1) is 17.0. The Morgan fingerprint density at radius 2 is 1.65 bits per heavy atom. The normalized spacial score (nSPS) is 14.3. The van der Waals surface area contributed by atoms with Crippen LogP contribution < -0.4 is 4.90 Å². The zero-order valence-corrected chi connectivity index (χ0v) is 12.9. The number of hydrogen-bond acceptors (Lipinski definition) is 4. The summed E-state index contributed by atoms with van der Waals surface area (Å²) in [4.78, 5) is 3.89. The van der Waals surface area contributed by atoms with Crippen molar-refractivity contribution in [2.45, 2.75) is 45.6 Å². The summed E-state index contributed by atoms with van der Waals surface area (Å²) in [6.07, 6.45) is 0.960. The van der Waals surface area contributed by atoms with Gasteiger partial charge in [-0.1, -0.05) is 32.0 Å². The topological polar surface area (TPSA) is 46.9 Å². The minimum atomic E-state index is -0.674. The van der Waals surface area contributed by atoms with Crippen LogP contribution in [0.2, 0.25) is 0 Å². The first-order chi connectivity index (χ1) is 9.60. The molecule has 0 aliphatic heterocycles. The van der Waals surface area contributed by atoms with E-state index < -0.39 is 12.5 Å². The Kier molecular flexibility index (Phi) is 7.59. The third kappa shape index (κ3) is 5.12. The number of nitrogens with zero attached hydrogens (tertiary/aromatic N) is 2. The number of aliphatic hydroxyl groups is 2. The van der Waals surface area contributed by atoms with Gasteiger partial charge in [0.2, 0.25) is 0 Å². The van der Waals surface area contributed by atoms with E-state index in [2.05, 4.69) is 18.9 Å². The van der Waals surface area contributed by atoms with Gasteiger partial charge in [0.05, 0.1) is 0 Å². The van der Waals surface area contributed by atoms with Gasteiger partial charge in [0.1, 0.15) is 12.5 Å². The highest BCUT2D eigenvalue weighted by atomic mass is 16.3. The molecule has 2 atom stereocenters.